The lowest BCUT2D eigenvalue weighted by molar-refractivity contribution is 0.640. The fraction of sp³-hybridized carbons (Fsp3) is 0.692. The van der Waals surface area contributed by atoms with Crippen molar-refractivity contribution in [1.82, 2.24) is 9.97 Å². The van der Waals surface area contributed by atoms with E-state index in [0.717, 1.165) is 11.6 Å². The molecular formula is C13H20ClN3. The number of aromatic nitrogens is 2. The van der Waals surface area contributed by atoms with Gasteiger partial charge >= 0.3 is 0 Å². The third-order valence-electron chi connectivity index (χ3n) is 3.45. The zero-order valence-corrected chi connectivity index (χ0v) is 11.5. The van der Waals surface area contributed by atoms with E-state index in [0.29, 0.717) is 17.1 Å². The largest absolute Gasteiger partial charge is 0.357 e. The van der Waals surface area contributed by atoms with Gasteiger partial charge in [0.2, 0.25) is 0 Å². The molecule has 4 heteroatoms. The van der Waals surface area contributed by atoms with Gasteiger partial charge in [-0.2, -0.15) is 0 Å². The Hall–Kier alpha value is -0.830. The van der Waals surface area contributed by atoms with E-state index in [1.807, 2.05) is 6.07 Å². The molecule has 0 N–H and O–H groups in total. The SMILES string of the molecule is CC(C)c1nc(Cl)cc(N(C)C2CCCC2)n1. The van der Waals surface area contributed by atoms with Gasteiger partial charge in [-0.1, -0.05) is 38.3 Å². The Kier molecular flexibility index (Phi) is 3.87. The molecule has 0 bridgehead atoms. The van der Waals surface area contributed by atoms with Crippen LogP contribution in [0, 0.1) is 0 Å². The van der Waals surface area contributed by atoms with Gasteiger partial charge in [0.15, 0.2) is 0 Å². The first-order valence-corrected chi connectivity index (χ1v) is 6.73. The van der Waals surface area contributed by atoms with Crippen molar-refractivity contribution in [3.8, 4) is 0 Å². The number of nitrogens with zero attached hydrogens (tertiary/aromatic N) is 3. The number of rotatable bonds is 3. The third-order valence-corrected chi connectivity index (χ3v) is 3.64. The summed E-state index contributed by atoms with van der Waals surface area (Å²) in [5, 5.41) is 0.545. The molecule has 1 heterocycles. The van der Waals surface area contributed by atoms with Crippen LogP contribution in [-0.2, 0) is 0 Å². The molecule has 1 aliphatic carbocycles. The van der Waals surface area contributed by atoms with Crippen LogP contribution in [0.5, 0.6) is 0 Å². The van der Waals surface area contributed by atoms with E-state index < -0.39 is 0 Å². The Labute approximate surface area is 108 Å². The van der Waals surface area contributed by atoms with Gasteiger partial charge in [-0.05, 0) is 12.8 Å². The van der Waals surface area contributed by atoms with Gasteiger partial charge in [-0.15, -0.1) is 0 Å². The average Bonchev–Trinajstić information content (AvgIpc) is 2.80. The van der Waals surface area contributed by atoms with Crippen molar-refractivity contribution >= 4 is 17.4 Å². The summed E-state index contributed by atoms with van der Waals surface area (Å²) in [4.78, 5) is 11.1. The summed E-state index contributed by atoms with van der Waals surface area (Å²) < 4.78 is 0. The molecule has 1 aromatic heterocycles. The summed E-state index contributed by atoms with van der Waals surface area (Å²) in [6.45, 7) is 4.18. The quantitative estimate of drug-likeness (QED) is 0.771. The summed E-state index contributed by atoms with van der Waals surface area (Å²) in [6, 6.07) is 2.48. The fourth-order valence-electron chi connectivity index (χ4n) is 2.34. The smallest absolute Gasteiger partial charge is 0.135 e. The lowest BCUT2D eigenvalue weighted by Crippen LogP contribution is -2.30. The zero-order valence-electron chi connectivity index (χ0n) is 10.8. The van der Waals surface area contributed by atoms with Gasteiger partial charge in [-0.3, -0.25) is 0 Å². The lowest BCUT2D eigenvalue weighted by Gasteiger charge is -2.26. The maximum absolute atomic E-state index is 6.07. The van der Waals surface area contributed by atoms with Crippen LogP contribution in [0.1, 0.15) is 51.3 Å². The number of halogens is 1. The van der Waals surface area contributed by atoms with E-state index in [9.17, 15) is 0 Å². The second kappa shape index (κ2) is 5.21. The monoisotopic (exact) mass is 253 g/mol. The Morgan fingerprint density at radius 3 is 2.53 bits per heavy atom. The van der Waals surface area contributed by atoms with E-state index in [1.165, 1.54) is 25.7 Å². The normalized spacial score (nSPS) is 16.8. The van der Waals surface area contributed by atoms with Crippen LogP contribution in [0.25, 0.3) is 0 Å². The van der Waals surface area contributed by atoms with Crippen molar-refractivity contribution in [3.63, 3.8) is 0 Å². The molecule has 1 fully saturated rings. The molecule has 1 aliphatic rings. The molecular weight excluding hydrogens is 234 g/mol. The van der Waals surface area contributed by atoms with Crippen molar-refractivity contribution in [2.24, 2.45) is 0 Å². The summed E-state index contributed by atoms with van der Waals surface area (Å²) in [6.07, 6.45) is 5.17. The Morgan fingerprint density at radius 2 is 1.94 bits per heavy atom. The Morgan fingerprint density at radius 1 is 1.29 bits per heavy atom. The molecule has 0 amide bonds. The Bertz CT molecular complexity index is 386. The fourth-order valence-corrected chi connectivity index (χ4v) is 2.52. The molecule has 1 aromatic rings. The van der Waals surface area contributed by atoms with Crippen LogP contribution in [0.15, 0.2) is 6.07 Å². The lowest BCUT2D eigenvalue weighted by atomic mass is 10.2. The minimum absolute atomic E-state index is 0.310. The number of anilines is 1. The van der Waals surface area contributed by atoms with Crippen molar-refractivity contribution in [3.05, 3.63) is 17.0 Å². The van der Waals surface area contributed by atoms with Crippen molar-refractivity contribution in [2.75, 3.05) is 11.9 Å². The maximum atomic E-state index is 6.07. The minimum atomic E-state index is 0.310. The minimum Gasteiger partial charge on any atom is -0.357 e. The highest BCUT2D eigenvalue weighted by Crippen LogP contribution is 2.27. The predicted octanol–water partition coefficient (Wildman–Crippen LogP) is 3.63. The highest BCUT2D eigenvalue weighted by Gasteiger charge is 2.21. The van der Waals surface area contributed by atoms with Gasteiger partial charge < -0.3 is 4.90 Å². The van der Waals surface area contributed by atoms with Gasteiger partial charge in [0.25, 0.3) is 0 Å². The second-order valence-corrected chi connectivity index (χ2v) is 5.50. The van der Waals surface area contributed by atoms with E-state index in [1.54, 1.807) is 0 Å². The summed E-state index contributed by atoms with van der Waals surface area (Å²) in [7, 11) is 2.11. The Balaban J connectivity index is 2.24. The van der Waals surface area contributed by atoms with Crippen LogP contribution in [0.3, 0.4) is 0 Å². The van der Waals surface area contributed by atoms with Crippen molar-refractivity contribution < 1.29 is 0 Å². The molecule has 0 radical (unpaired) electrons. The molecule has 3 nitrogen and oxygen atoms in total. The van der Waals surface area contributed by atoms with Crippen molar-refractivity contribution in [2.45, 2.75) is 51.5 Å². The van der Waals surface area contributed by atoms with Crippen LogP contribution in [0.2, 0.25) is 5.15 Å². The highest BCUT2D eigenvalue weighted by atomic mass is 35.5. The van der Waals surface area contributed by atoms with Crippen LogP contribution in [-0.4, -0.2) is 23.1 Å². The summed E-state index contributed by atoms with van der Waals surface area (Å²) in [5.41, 5.74) is 0. The highest BCUT2D eigenvalue weighted by molar-refractivity contribution is 6.29. The molecule has 0 aromatic carbocycles. The number of hydrogen-bond donors (Lipinski definition) is 0. The standard InChI is InChI=1S/C13H20ClN3/c1-9(2)13-15-11(14)8-12(16-13)17(3)10-6-4-5-7-10/h8-10H,4-7H2,1-3H3. The maximum Gasteiger partial charge on any atom is 0.135 e. The zero-order chi connectivity index (χ0) is 12.4. The third kappa shape index (κ3) is 2.89. The van der Waals surface area contributed by atoms with Gasteiger partial charge in [-0.25, -0.2) is 9.97 Å². The summed E-state index contributed by atoms with van der Waals surface area (Å²) >= 11 is 6.07. The van der Waals surface area contributed by atoms with E-state index >= 15 is 0 Å². The molecule has 1 saturated carbocycles. The van der Waals surface area contributed by atoms with Crippen LogP contribution >= 0.6 is 11.6 Å². The first kappa shape index (κ1) is 12.6. The average molecular weight is 254 g/mol. The molecule has 0 spiro atoms. The van der Waals surface area contributed by atoms with Gasteiger partial charge in [0, 0.05) is 25.1 Å². The van der Waals surface area contributed by atoms with Crippen LogP contribution in [0.4, 0.5) is 5.82 Å². The molecule has 0 saturated heterocycles. The van der Waals surface area contributed by atoms with E-state index in [2.05, 4.69) is 35.8 Å². The van der Waals surface area contributed by atoms with Crippen LogP contribution < -0.4 is 4.90 Å². The molecule has 0 unspecified atom stereocenters. The predicted molar refractivity (Wildman–Crippen MR) is 71.8 cm³/mol. The molecule has 2 rings (SSSR count). The van der Waals surface area contributed by atoms with E-state index in [4.69, 9.17) is 11.6 Å². The molecule has 0 atom stereocenters. The molecule has 94 valence electrons. The van der Waals surface area contributed by atoms with E-state index in [-0.39, 0.29) is 0 Å². The second-order valence-electron chi connectivity index (χ2n) is 5.11. The first-order valence-electron chi connectivity index (χ1n) is 6.35. The number of hydrogen-bond acceptors (Lipinski definition) is 3. The molecule has 0 aliphatic heterocycles. The van der Waals surface area contributed by atoms with Gasteiger partial charge in [0.05, 0.1) is 0 Å². The molecule has 17 heavy (non-hydrogen) atoms. The topological polar surface area (TPSA) is 29.0 Å². The summed E-state index contributed by atoms with van der Waals surface area (Å²) in [5.74, 6) is 2.10. The first-order chi connectivity index (χ1) is 8.08. The van der Waals surface area contributed by atoms with Gasteiger partial charge in [0.1, 0.15) is 16.8 Å². The van der Waals surface area contributed by atoms with Crippen molar-refractivity contribution in [1.29, 1.82) is 0 Å².